The van der Waals surface area contributed by atoms with Crippen molar-refractivity contribution in [1.82, 2.24) is 4.90 Å². The van der Waals surface area contributed by atoms with Crippen LogP contribution in [0.2, 0.25) is 0 Å². The molecule has 0 amide bonds. The molecule has 1 heterocycles. The van der Waals surface area contributed by atoms with E-state index >= 15 is 0 Å². The lowest BCUT2D eigenvalue weighted by molar-refractivity contribution is -0.00663. The molecular formula is C14H19NO2. The molecule has 0 bridgehead atoms. The minimum atomic E-state index is -0.202. The van der Waals surface area contributed by atoms with Crippen molar-refractivity contribution in [2.75, 3.05) is 20.1 Å². The Hall–Kier alpha value is -1.35. The highest BCUT2D eigenvalue weighted by atomic mass is 16.5. The second kappa shape index (κ2) is 5.32. The summed E-state index contributed by atoms with van der Waals surface area (Å²) < 4.78 is 5.57. The smallest absolute Gasteiger partial charge is 0.338 e. The van der Waals surface area contributed by atoms with E-state index in [0.29, 0.717) is 11.5 Å². The monoisotopic (exact) mass is 233 g/mol. The van der Waals surface area contributed by atoms with Crippen LogP contribution in [0.1, 0.15) is 23.7 Å². The summed E-state index contributed by atoms with van der Waals surface area (Å²) in [6.45, 7) is 4.13. The van der Waals surface area contributed by atoms with Crippen molar-refractivity contribution >= 4 is 5.97 Å². The van der Waals surface area contributed by atoms with Crippen molar-refractivity contribution in [2.24, 2.45) is 5.92 Å². The average Bonchev–Trinajstić information content (AvgIpc) is 2.34. The molecule has 0 N–H and O–H groups in total. The predicted octanol–water partition coefficient (Wildman–Crippen LogP) is 2.18. The molecule has 17 heavy (non-hydrogen) atoms. The van der Waals surface area contributed by atoms with Crippen molar-refractivity contribution in [1.29, 1.82) is 0 Å². The van der Waals surface area contributed by atoms with Gasteiger partial charge >= 0.3 is 5.97 Å². The summed E-state index contributed by atoms with van der Waals surface area (Å²) in [5.74, 6) is 0.202. The fourth-order valence-electron chi connectivity index (χ4n) is 2.29. The zero-order valence-corrected chi connectivity index (χ0v) is 10.4. The van der Waals surface area contributed by atoms with Gasteiger partial charge in [0, 0.05) is 19.0 Å². The zero-order chi connectivity index (χ0) is 12.3. The van der Waals surface area contributed by atoms with Gasteiger partial charge < -0.3 is 9.64 Å². The number of benzene rings is 1. The molecule has 0 radical (unpaired) electrons. The number of likely N-dealkylation sites (tertiary alicyclic amines) is 1. The Bertz CT molecular complexity index is 377. The Labute approximate surface area is 102 Å². The van der Waals surface area contributed by atoms with Crippen LogP contribution >= 0.6 is 0 Å². The highest BCUT2D eigenvalue weighted by Gasteiger charge is 2.27. The molecule has 3 nitrogen and oxygen atoms in total. The number of ether oxygens (including phenoxy) is 1. The van der Waals surface area contributed by atoms with Crippen LogP contribution < -0.4 is 0 Å². The molecule has 1 aliphatic heterocycles. The first-order chi connectivity index (χ1) is 8.16. The number of hydrogen-bond donors (Lipinski definition) is 0. The summed E-state index contributed by atoms with van der Waals surface area (Å²) in [5, 5.41) is 0. The van der Waals surface area contributed by atoms with Gasteiger partial charge in [0.15, 0.2) is 0 Å². The topological polar surface area (TPSA) is 29.5 Å². The molecule has 0 aromatic heterocycles. The number of nitrogens with zero attached hydrogens (tertiary/aromatic N) is 1. The van der Waals surface area contributed by atoms with Crippen LogP contribution in [0.15, 0.2) is 30.3 Å². The van der Waals surface area contributed by atoms with Gasteiger partial charge in [0.05, 0.1) is 5.56 Å². The Kier molecular flexibility index (Phi) is 3.79. The molecule has 92 valence electrons. The maximum absolute atomic E-state index is 11.9. The van der Waals surface area contributed by atoms with Crippen LogP contribution in [0.25, 0.3) is 0 Å². The second-order valence-electron chi connectivity index (χ2n) is 4.84. The van der Waals surface area contributed by atoms with Gasteiger partial charge in [0.25, 0.3) is 0 Å². The maximum Gasteiger partial charge on any atom is 0.338 e. The number of carbonyl (C=O) groups excluding carboxylic acids is 1. The minimum absolute atomic E-state index is 0.0545. The summed E-state index contributed by atoms with van der Waals surface area (Å²) in [7, 11) is 2.10. The quantitative estimate of drug-likeness (QED) is 0.733. The van der Waals surface area contributed by atoms with E-state index in [9.17, 15) is 4.79 Å². The van der Waals surface area contributed by atoms with Gasteiger partial charge in [-0.2, -0.15) is 0 Å². The van der Waals surface area contributed by atoms with Crippen molar-refractivity contribution in [2.45, 2.75) is 19.4 Å². The second-order valence-corrected chi connectivity index (χ2v) is 4.84. The predicted molar refractivity (Wildman–Crippen MR) is 66.9 cm³/mol. The summed E-state index contributed by atoms with van der Waals surface area (Å²) >= 11 is 0. The lowest BCUT2D eigenvalue weighted by atomic mass is 9.97. The van der Waals surface area contributed by atoms with Crippen LogP contribution in [-0.4, -0.2) is 37.1 Å². The number of piperidine rings is 1. The van der Waals surface area contributed by atoms with E-state index < -0.39 is 0 Å². The van der Waals surface area contributed by atoms with Gasteiger partial charge in [0.2, 0.25) is 0 Å². The molecule has 2 atom stereocenters. The van der Waals surface area contributed by atoms with E-state index in [4.69, 9.17) is 4.74 Å². The third-order valence-corrected chi connectivity index (χ3v) is 3.30. The van der Waals surface area contributed by atoms with Gasteiger partial charge in [-0.3, -0.25) is 0 Å². The third kappa shape index (κ3) is 3.07. The van der Waals surface area contributed by atoms with Gasteiger partial charge in [-0.15, -0.1) is 0 Å². The minimum Gasteiger partial charge on any atom is -0.458 e. The van der Waals surface area contributed by atoms with Crippen molar-refractivity contribution in [3.63, 3.8) is 0 Å². The van der Waals surface area contributed by atoms with Crippen LogP contribution in [0, 0.1) is 5.92 Å². The van der Waals surface area contributed by atoms with Crippen LogP contribution in [0.3, 0.4) is 0 Å². The third-order valence-electron chi connectivity index (χ3n) is 3.30. The SMILES string of the molecule is C[C@H]1CN(C)CC[C@@H]1OC(=O)c1ccccc1. The van der Waals surface area contributed by atoms with Gasteiger partial charge in [-0.05, 0) is 25.6 Å². The molecule has 1 aromatic carbocycles. The molecule has 1 aliphatic rings. The molecule has 1 aromatic rings. The zero-order valence-electron chi connectivity index (χ0n) is 10.4. The van der Waals surface area contributed by atoms with Crippen molar-refractivity contribution in [3.8, 4) is 0 Å². The van der Waals surface area contributed by atoms with Gasteiger partial charge in [0.1, 0.15) is 6.10 Å². The summed E-state index contributed by atoms with van der Waals surface area (Å²) in [5.41, 5.74) is 0.638. The van der Waals surface area contributed by atoms with E-state index in [1.54, 1.807) is 12.1 Å². The number of rotatable bonds is 2. The van der Waals surface area contributed by atoms with Gasteiger partial charge in [-0.1, -0.05) is 25.1 Å². The summed E-state index contributed by atoms with van der Waals surface area (Å²) in [4.78, 5) is 14.2. The van der Waals surface area contributed by atoms with Gasteiger partial charge in [-0.25, -0.2) is 4.79 Å². The molecule has 0 saturated carbocycles. The molecular weight excluding hydrogens is 214 g/mol. The Morgan fingerprint density at radius 2 is 2.06 bits per heavy atom. The Morgan fingerprint density at radius 3 is 2.71 bits per heavy atom. The van der Waals surface area contributed by atoms with Crippen molar-refractivity contribution < 1.29 is 9.53 Å². The standard InChI is InChI=1S/C14H19NO2/c1-11-10-15(2)9-8-13(11)17-14(16)12-6-4-3-5-7-12/h3-7,11,13H,8-10H2,1-2H3/t11-,13-/m0/s1. The number of esters is 1. The highest BCUT2D eigenvalue weighted by Crippen LogP contribution is 2.20. The lowest BCUT2D eigenvalue weighted by Crippen LogP contribution is -2.41. The summed E-state index contributed by atoms with van der Waals surface area (Å²) in [6, 6.07) is 9.20. The average molecular weight is 233 g/mol. The lowest BCUT2D eigenvalue weighted by Gasteiger charge is -2.34. The van der Waals surface area contributed by atoms with Crippen LogP contribution in [0.4, 0.5) is 0 Å². The highest BCUT2D eigenvalue weighted by molar-refractivity contribution is 5.89. The number of carbonyl (C=O) groups is 1. The van der Waals surface area contributed by atoms with Crippen molar-refractivity contribution in [3.05, 3.63) is 35.9 Å². The fraction of sp³-hybridized carbons (Fsp3) is 0.500. The maximum atomic E-state index is 11.9. The van der Waals surface area contributed by atoms with E-state index in [2.05, 4.69) is 18.9 Å². The number of hydrogen-bond acceptors (Lipinski definition) is 3. The van der Waals surface area contributed by atoms with E-state index in [1.165, 1.54) is 0 Å². The van der Waals surface area contributed by atoms with E-state index in [0.717, 1.165) is 19.5 Å². The van der Waals surface area contributed by atoms with E-state index in [-0.39, 0.29) is 12.1 Å². The molecule has 0 unspecified atom stereocenters. The van der Waals surface area contributed by atoms with Crippen LogP contribution in [-0.2, 0) is 4.74 Å². The molecule has 0 spiro atoms. The first-order valence-electron chi connectivity index (χ1n) is 6.11. The summed E-state index contributed by atoms with van der Waals surface area (Å²) in [6.07, 6.45) is 0.981. The normalized spacial score (nSPS) is 25.5. The first kappa shape index (κ1) is 12.1. The molecule has 1 saturated heterocycles. The molecule has 2 rings (SSSR count). The van der Waals surface area contributed by atoms with Crippen LogP contribution in [0.5, 0.6) is 0 Å². The molecule has 3 heteroatoms. The fourth-order valence-corrected chi connectivity index (χ4v) is 2.29. The molecule has 0 aliphatic carbocycles. The van der Waals surface area contributed by atoms with E-state index in [1.807, 2.05) is 18.2 Å². The first-order valence-corrected chi connectivity index (χ1v) is 6.11. The largest absolute Gasteiger partial charge is 0.458 e. The molecule has 1 fully saturated rings. The Morgan fingerprint density at radius 1 is 1.35 bits per heavy atom. The Balaban J connectivity index is 1.95.